The van der Waals surface area contributed by atoms with Crippen LogP contribution in [0.1, 0.15) is 42.6 Å². The lowest BCUT2D eigenvalue weighted by Gasteiger charge is -2.19. The molecule has 3 aromatic rings. The second-order valence-corrected chi connectivity index (χ2v) is 10.2. The Kier molecular flexibility index (Phi) is 6.00. The van der Waals surface area contributed by atoms with Crippen molar-refractivity contribution in [3.05, 3.63) is 76.3 Å². The lowest BCUT2D eigenvalue weighted by molar-refractivity contribution is -0.619. The molecule has 0 unspecified atom stereocenters. The zero-order valence-corrected chi connectivity index (χ0v) is 19.3. The quantitative estimate of drug-likeness (QED) is 0.371. The van der Waals surface area contributed by atoms with E-state index in [0.29, 0.717) is 28.2 Å². The van der Waals surface area contributed by atoms with Crippen molar-refractivity contribution in [2.24, 2.45) is 0 Å². The average Bonchev–Trinajstić information content (AvgIpc) is 3.59. The summed E-state index contributed by atoms with van der Waals surface area (Å²) >= 11 is 0. The molecule has 1 N–H and O–H groups in total. The van der Waals surface area contributed by atoms with E-state index in [2.05, 4.69) is 4.72 Å². The van der Waals surface area contributed by atoms with Gasteiger partial charge in [0, 0.05) is 37.6 Å². The molecule has 1 aliphatic rings. The number of aryl methyl sites for hydroxylation is 2. The molecule has 33 heavy (non-hydrogen) atoms. The number of sulfonamides is 1. The molecule has 9 heteroatoms. The highest BCUT2D eigenvalue weighted by atomic mass is 32.2. The van der Waals surface area contributed by atoms with Gasteiger partial charge in [-0.3, -0.25) is 4.72 Å². The summed E-state index contributed by atoms with van der Waals surface area (Å²) in [6.45, 7) is 4.86. The van der Waals surface area contributed by atoms with Crippen molar-refractivity contribution in [2.75, 3.05) is 10.5 Å². The first-order valence-corrected chi connectivity index (χ1v) is 12.3. The van der Waals surface area contributed by atoms with Gasteiger partial charge in [0.1, 0.15) is 11.6 Å². The van der Waals surface area contributed by atoms with Gasteiger partial charge < -0.3 is 9.94 Å². The molecule has 174 valence electrons. The van der Waals surface area contributed by atoms with Crippen molar-refractivity contribution < 1.29 is 26.7 Å². The SMILES string of the molecule is CCS(=O)(=O)Nc1cc(-c2cc(C)[n+]([O-])c(C)c2)c(Oc2ccc(F)cc2F)cc1C1CC1. The first-order chi connectivity index (χ1) is 15.6. The average molecular weight is 475 g/mol. The smallest absolute Gasteiger partial charge is 0.232 e. The number of nitrogens with one attached hydrogen (secondary N) is 1. The highest BCUT2D eigenvalue weighted by Gasteiger charge is 2.30. The maximum Gasteiger partial charge on any atom is 0.232 e. The van der Waals surface area contributed by atoms with Crippen LogP contribution in [0.25, 0.3) is 11.1 Å². The highest BCUT2D eigenvalue weighted by molar-refractivity contribution is 7.92. The van der Waals surface area contributed by atoms with E-state index < -0.39 is 21.7 Å². The van der Waals surface area contributed by atoms with Crippen LogP contribution >= 0.6 is 0 Å². The van der Waals surface area contributed by atoms with Crippen LogP contribution in [0, 0.1) is 30.7 Å². The van der Waals surface area contributed by atoms with Gasteiger partial charge in [-0.25, -0.2) is 17.2 Å². The lowest BCUT2D eigenvalue weighted by atomic mass is 9.98. The summed E-state index contributed by atoms with van der Waals surface area (Å²) < 4.78 is 61.8. The van der Waals surface area contributed by atoms with Crippen molar-refractivity contribution in [1.82, 2.24) is 0 Å². The number of benzene rings is 2. The third kappa shape index (κ3) is 4.93. The molecule has 1 aromatic heterocycles. The number of hydrogen-bond acceptors (Lipinski definition) is 4. The Hall–Kier alpha value is -3.20. The van der Waals surface area contributed by atoms with Gasteiger partial charge in [0.05, 0.1) is 11.4 Å². The Balaban J connectivity index is 1.92. The fourth-order valence-electron chi connectivity index (χ4n) is 3.68. The molecule has 0 aliphatic heterocycles. The number of nitrogens with zero attached hydrogens (tertiary/aromatic N) is 1. The standard InChI is InChI=1S/C24H24F2N2O4S/c1-4-33(30,31)27-22-12-20(17-9-14(2)28(29)15(3)10-17)24(13-19(22)16-5-6-16)32-23-8-7-18(25)11-21(23)26/h7-13,16,27H,4-6H2,1-3H3. The Labute approximate surface area is 191 Å². The van der Waals surface area contributed by atoms with Crippen LogP contribution in [-0.4, -0.2) is 14.2 Å². The maximum atomic E-state index is 14.4. The van der Waals surface area contributed by atoms with Gasteiger partial charge in [-0.2, -0.15) is 4.73 Å². The lowest BCUT2D eigenvalue weighted by Crippen LogP contribution is -2.33. The first-order valence-electron chi connectivity index (χ1n) is 10.6. The zero-order chi connectivity index (χ0) is 23.9. The fourth-order valence-corrected chi connectivity index (χ4v) is 4.34. The van der Waals surface area contributed by atoms with Crippen LogP contribution in [0.2, 0.25) is 0 Å². The Morgan fingerprint density at radius 3 is 2.30 bits per heavy atom. The fraction of sp³-hybridized carbons (Fsp3) is 0.292. The minimum absolute atomic E-state index is 0.0920. The van der Waals surface area contributed by atoms with Crippen LogP contribution in [0.15, 0.2) is 42.5 Å². The van der Waals surface area contributed by atoms with Crippen molar-refractivity contribution in [3.8, 4) is 22.6 Å². The van der Waals surface area contributed by atoms with E-state index in [-0.39, 0.29) is 23.2 Å². The summed E-state index contributed by atoms with van der Waals surface area (Å²) in [6, 6.07) is 9.69. The van der Waals surface area contributed by atoms with E-state index in [0.717, 1.165) is 35.3 Å². The molecule has 1 heterocycles. The summed E-state index contributed by atoms with van der Waals surface area (Å²) in [6.07, 6.45) is 1.79. The molecule has 0 spiro atoms. The molecule has 1 saturated carbocycles. The molecule has 0 atom stereocenters. The van der Waals surface area contributed by atoms with Gasteiger partial charge in [-0.1, -0.05) is 0 Å². The van der Waals surface area contributed by atoms with Gasteiger partial charge in [0.25, 0.3) is 0 Å². The predicted molar refractivity (Wildman–Crippen MR) is 122 cm³/mol. The molecule has 0 amide bonds. The Morgan fingerprint density at radius 2 is 1.73 bits per heavy atom. The maximum absolute atomic E-state index is 14.4. The van der Waals surface area contributed by atoms with Crippen molar-refractivity contribution in [3.63, 3.8) is 0 Å². The molecule has 0 radical (unpaired) electrons. The summed E-state index contributed by atoms with van der Waals surface area (Å²) in [5.74, 6) is -1.41. The van der Waals surface area contributed by atoms with Crippen LogP contribution < -0.4 is 14.2 Å². The minimum Gasteiger partial charge on any atom is -0.618 e. The predicted octanol–water partition coefficient (Wildman–Crippen LogP) is 5.31. The van der Waals surface area contributed by atoms with Crippen molar-refractivity contribution >= 4 is 15.7 Å². The number of anilines is 1. The molecule has 0 bridgehead atoms. The molecule has 1 fully saturated rings. The molecular formula is C24H24F2N2O4S. The highest BCUT2D eigenvalue weighted by Crippen LogP contribution is 2.48. The molecule has 2 aromatic carbocycles. The van der Waals surface area contributed by atoms with E-state index in [9.17, 15) is 22.4 Å². The van der Waals surface area contributed by atoms with E-state index in [1.807, 2.05) is 0 Å². The first kappa shape index (κ1) is 23.0. The molecule has 4 rings (SSSR count). The Bertz CT molecular complexity index is 1320. The van der Waals surface area contributed by atoms with Crippen molar-refractivity contribution in [1.29, 1.82) is 0 Å². The monoisotopic (exact) mass is 474 g/mol. The molecular weight excluding hydrogens is 450 g/mol. The van der Waals surface area contributed by atoms with Crippen LogP contribution in [-0.2, 0) is 10.0 Å². The van der Waals surface area contributed by atoms with Crippen molar-refractivity contribution in [2.45, 2.75) is 39.5 Å². The third-order valence-electron chi connectivity index (χ3n) is 5.61. The largest absolute Gasteiger partial charge is 0.618 e. The number of hydrogen-bond donors (Lipinski definition) is 1. The second-order valence-electron chi connectivity index (χ2n) is 8.21. The van der Waals surface area contributed by atoms with Gasteiger partial charge >= 0.3 is 0 Å². The van der Waals surface area contributed by atoms with E-state index in [4.69, 9.17) is 4.74 Å². The third-order valence-corrected chi connectivity index (χ3v) is 6.90. The topological polar surface area (TPSA) is 82.3 Å². The molecule has 0 saturated heterocycles. The van der Waals surface area contributed by atoms with Gasteiger partial charge in [0.15, 0.2) is 23.0 Å². The number of rotatable bonds is 7. The van der Waals surface area contributed by atoms with E-state index >= 15 is 0 Å². The normalized spacial score (nSPS) is 13.7. The van der Waals surface area contributed by atoms with E-state index in [1.54, 1.807) is 45.0 Å². The summed E-state index contributed by atoms with van der Waals surface area (Å²) in [4.78, 5) is 0. The van der Waals surface area contributed by atoms with Gasteiger partial charge in [-0.15, -0.1) is 0 Å². The second kappa shape index (κ2) is 8.62. The molecule has 1 aliphatic carbocycles. The number of halogens is 2. The van der Waals surface area contributed by atoms with E-state index in [1.165, 1.54) is 6.07 Å². The van der Waals surface area contributed by atoms with Gasteiger partial charge in [0.2, 0.25) is 10.0 Å². The summed E-state index contributed by atoms with van der Waals surface area (Å²) in [5, 5.41) is 12.2. The van der Waals surface area contributed by atoms with Gasteiger partial charge in [-0.05, 0) is 61.1 Å². The number of ether oxygens (including phenoxy) is 1. The summed E-state index contributed by atoms with van der Waals surface area (Å²) in [7, 11) is -3.55. The molecule has 6 nitrogen and oxygen atoms in total. The van der Waals surface area contributed by atoms with Crippen LogP contribution in [0.4, 0.5) is 14.5 Å². The number of aromatic nitrogens is 1. The van der Waals surface area contributed by atoms with Crippen LogP contribution in [0.3, 0.4) is 0 Å². The Morgan fingerprint density at radius 1 is 1.06 bits per heavy atom. The zero-order valence-electron chi connectivity index (χ0n) is 18.5. The number of pyridine rings is 1. The minimum atomic E-state index is -3.55. The van der Waals surface area contributed by atoms with Crippen LogP contribution in [0.5, 0.6) is 11.5 Å². The summed E-state index contributed by atoms with van der Waals surface area (Å²) in [5.41, 5.74) is 3.13.